The van der Waals surface area contributed by atoms with Crippen LogP contribution in [-0.2, 0) is 5.41 Å². The van der Waals surface area contributed by atoms with E-state index in [0.29, 0.717) is 45.2 Å². The smallest absolute Gasteiger partial charge is 0.227 e. The lowest BCUT2D eigenvalue weighted by molar-refractivity contribution is 0.617. The monoisotopic (exact) mass is 630 g/mol. The molecule has 0 unspecified atom stereocenters. The van der Waals surface area contributed by atoms with E-state index in [4.69, 9.17) is 25.4 Å². The number of rotatable bonds is 4. The lowest BCUT2D eigenvalue weighted by Crippen LogP contribution is -2.14. The molecule has 0 atom stereocenters. The number of nitriles is 1. The zero-order chi connectivity index (χ0) is 33.3. The molecular weight excluding hydrogens is 604 g/mol. The van der Waals surface area contributed by atoms with Gasteiger partial charge in [-0.1, -0.05) is 86.6 Å². The molecule has 1 aliphatic carbocycles. The Morgan fingerprint density at radius 2 is 1.14 bits per heavy atom. The Kier molecular flexibility index (Phi) is 6.18. The molecule has 0 spiro atoms. The van der Waals surface area contributed by atoms with Gasteiger partial charge < -0.3 is 8.83 Å². The number of nitrogens with zero attached hydrogens (tertiary/aromatic N) is 4. The number of aromatic nitrogens is 2. The van der Waals surface area contributed by atoms with Crippen LogP contribution in [0.3, 0.4) is 0 Å². The van der Waals surface area contributed by atoms with Gasteiger partial charge in [0.1, 0.15) is 11.0 Å². The largest absolute Gasteiger partial charge is 0.436 e. The van der Waals surface area contributed by atoms with E-state index >= 15 is 0 Å². The molecule has 6 nitrogen and oxygen atoms in total. The van der Waals surface area contributed by atoms with Crippen LogP contribution in [0.5, 0.6) is 0 Å². The minimum atomic E-state index is -0.191. The van der Waals surface area contributed by atoms with Crippen molar-refractivity contribution in [2.24, 2.45) is 0 Å². The van der Waals surface area contributed by atoms with Crippen LogP contribution in [0, 0.1) is 17.9 Å². The average molecular weight is 631 g/mol. The maximum absolute atomic E-state index is 10.6. The quantitative estimate of drug-likeness (QED) is 0.181. The van der Waals surface area contributed by atoms with Crippen molar-refractivity contribution in [1.82, 2.24) is 9.97 Å². The van der Waals surface area contributed by atoms with Gasteiger partial charge in [-0.05, 0) is 93.0 Å². The first-order valence-electron chi connectivity index (χ1n) is 16.0. The van der Waals surface area contributed by atoms with Crippen molar-refractivity contribution in [2.75, 3.05) is 0 Å². The highest BCUT2D eigenvalue weighted by molar-refractivity contribution is 5.93. The van der Waals surface area contributed by atoms with Gasteiger partial charge in [0.25, 0.3) is 0 Å². The number of para-hydroxylation sites is 4. The van der Waals surface area contributed by atoms with E-state index < -0.39 is 0 Å². The Morgan fingerprint density at radius 3 is 1.78 bits per heavy atom. The van der Waals surface area contributed by atoms with E-state index in [1.807, 2.05) is 78.9 Å². The minimum absolute atomic E-state index is 0.191. The van der Waals surface area contributed by atoms with E-state index in [1.165, 1.54) is 22.3 Å². The molecule has 6 aromatic carbocycles. The zero-order valence-corrected chi connectivity index (χ0v) is 26.7. The highest BCUT2D eigenvalue weighted by atomic mass is 16.4. The first-order valence-corrected chi connectivity index (χ1v) is 16.0. The molecule has 6 heteroatoms. The van der Waals surface area contributed by atoms with Gasteiger partial charge >= 0.3 is 0 Å². The Hall–Kier alpha value is -6.76. The molecule has 230 valence electrons. The normalized spacial score (nSPS) is 12.8. The molecule has 0 radical (unpaired) electrons. The molecule has 0 amide bonds. The highest BCUT2D eigenvalue weighted by Crippen LogP contribution is 2.50. The van der Waals surface area contributed by atoms with Crippen molar-refractivity contribution in [2.45, 2.75) is 19.3 Å². The van der Waals surface area contributed by atoms with Crippen LogP contribution in [0.25, 0.3) is 83.3 Å². The number of benzene rings is 6. The molecule has 1 aliphatic rings. The van der Waals surface area contributed by atoms with Crippen LogP contribution in [0.4, 0.5) is 5.69 Å². The first-order chi connectivity index (χ1) is 23.9. The van der Waals surface area contributed by atoms with Crippen molar-refractivity contribution >= 4 is 27.9 Å². The zero-order valence-electron chi connectivity index (χ0n) is 26.7. The second-order valence-electron chi connectivity index (χ2n) is 12.8. The van der Waals surface area contributed by atoms with Crippen LogP contribution >= 0.6 is 0 Å². The second kappa shape index (κ2) is 10.6. The third kappa shape index (κ3) is 4.39. The molecular formula is C43H26N4O2. The van der Waals surface area contributed by atoms with Gasteiger partial charge in [0.05, 0.1) is 18.2 Å². The van der Waals surface area contributed by atoms with E-state index in [0.717, 1.165) is 27.7 Å². The topological polar surface area (TPSA) is 80.2 Å². The fourth-order valence-corrected chi connectivity index (χ4v) is 7.19. The van der Waals surface area contributed by atoms with Gasteiger partial charge in [-0.3, -0.25) is 0 Å². The van der Waals surface area contributed by atoms with Crippen LogP contribution in [-0.4, -0.2) is 9.97 Å². The van der Waals surface area contributed by atoms with Crippen LogP contribution < -0.4 is 0 Å². The van der Waals surface area contributed by atoms with Gasteiger partial charge in [-0.15, -0.1) is 0 Å². The van der Waals surface area contributed by atoms with Gasteiger partial charge in [-0.25, -0.2) is 14.8 Å². The molecule has 2 aromatic heterocycles. The molecule has 9 rings (SSSR count). The summed E-state index contributed by atoms with van der Waals surface area (Å²) in [7, 11) is 0. The summed E-state index contributed by atoms with van der Waals surface area (Å²) < 4.78 is 12.3. The third-order valence-electron chi connectivity index (χ3n) is 9.62. The summed E-state index contributed by atoms with van der Waals surface area (Å²) in [5.41, 5.74) is 12.5. The van der Waals surface area contributed by atoms with Crippen molar-refractivity contribution in [3.8, 4) is 62.4 Å². The second-order valence-corrected chi connectivity index (χ2v) is 12.8. The van der Waals surface area contributed by atoms with E-state index in [9.17, 15) is 5.26 Å². The van der Waals surface area contributed by atoms with E-state index in [-0.39, 0.29) is 11.1 Å². The van der Waals surface area contributed by atoms with E-state index in [1.54, 1.807) is 0 Å². The Morgan fingerprint density at radius 1 is 0.592 bits per heavy atom. The average Bonchev–Trinajstić information content (AvgIpc) is 3.84. The number of hydrogen-bond acceptors (Lipinski definition) is 5. The van der Waals surface area contributed by atoms with Gasteiger partial charge in [-0.2, -0.15) is 5.26 Å². The maximum atomic E-state index is 10.6. The molecule has 0 N–H and O–H groups in total. The fraction of sp³-hybridized carbons (Fsp3) is 0.0698. The van der Waals surface area contributed by atoms with Gasteiger partial charge in [0.2, 0.25) is 17.5 Å². The Labute approximate surface area is 282 Å². The lowest BCUT2D eigenvalue weighted by Gasteiger charge is -2.22. The molecule has 0 fully saturated rings. The van der Waals surface area contributed by atoms with Crippen molar-refractivity contribution in [1.29, 1.82) is 5.26 Å². The molecule has 0 bridgehead atoms. The van der Waals surface area contributed by atoms with Crippen LogP contribution in [0.15, 0.2) is 130 Å². The lowest BCUT2D eigenvalue weighted by atomic mass is 9.81. The summed E-state index contributed by atoms with van der Waals surface area (Å²) in [6.07, 6.45) is 0. The summed E-state index contributed by atoms with van der Waals surface area (Å²) in [5, 5.41) is 10.6. The molecule has 49 heavy (non-hydrogen) atoms. The number of oxazole rings is 2. The predicted molar refractivity (Wildman–Crippen MR) is 192 cm³/mol. The number of hydrogen-bond donors (Lipinski definition) is 0. The SMILES string of the molecule is [C-]#[N+]c1c(-c2cc(-c3nc4ccccc4o3)cc(-c3nc4ccccc4o3)c2)ccc(-c2ccc3c(c2)C(C)(C)c2ccccc2-3)c1C#N. The molecule has 0 saturated heterocycles. The summed E-state index contributed by atoms with van der Waals surface area (Å²) >= 11 is 0. The summed E-state index contributed by atoms with van der Waals surface area (Å²) in [6.45, 7) is 12.8. The van der Waals surface area contributed by atoms with Crippen molar-refractivity contribution < 1.29 is 8.83 Å². The molecule has 8 aromatic rings. The molecule has 0 saturated carbocycles. The summed E-state index contributed by atoms with van der Waals surface area (Å²) in [4.78, 5) is 13.5. The number of fused-ring (bicyclic) bond motifs is 5. The van der Waals surface area contributed by atoms with Crippen LogP contribution in [0.1, 0.15) is 30.5 Å². The third-order valence-corrected chi connectivity index (χ3v) is 9.62. The van der Waals surface area contributed by atoms with Crippen molar-refractivity contribution in [3.63, 3.8) is 0 Å². The molecule has 0 aliphatic heterocycles. The standard InChI is InChI=1S/C43H26N4O2/c1-43(2)34-11-5-4-10-31(34)32-17-16-25(23-35(32)43)29-18-19-30(40(45-3)33(29)24-44)26-20-27(41-46-36-12-6-8-14-38(36)48-41)22-28(21-26)42-47-37-13-7-9-15-39(37)49-42/h4-23H,1-2H3. The minimum Gasteiger partial charge on any atom is -0.436 e. The van der Waals surface area contributed by atoms with Crippen LogP contribution in [0.2, 0.25) is 0 Å². The van der Waals surface area contributed by atoms with Gasteiger partial charge in [0, 0.05) is 16.5 Å². The highest BCUT2D eigenvalue weighted by Gasteiger charge is 2.35. The fourth-order valence-electron chi connectivity index (χ4n) is 7.19. The summed E-state index contributed by atoms with van der Waals surface area (Å²) in [5.74, 6) is 0.868. The summed E-state index contributed by atoms with van der Waals surface area (Å²) in [6, 6.07) is 42.2. The first kappa shape index (κ1) is 28.5. The Bertz CT molecular complexity index is 2580. The van der Waals surface area contributed by atoms with Crippen molar-refractivity contribution in [3.05, 3.63) is 149 Å². The van der Waals surface area contributed by atoms with Gasteiger partial charge in [0.15, 0.2) is 11.2 Å². The molecule has 2 heterocycles. The predicted octanol–water partition coefficient (Wildman–Crippen LogP) is 11.4. The maximum Gasteiger partial charge on any atom is 0.227 e. The Balaban J connectivity index is 1.22. The van der Waals surface area contributed by atoms with E-state index in [2.05, 4.69) is 67.2 Å².